The molecule has 0 aliphatic heterocycles. The number of para-hydroxylation sites is 2. The molecule has 1 aromatic heterocycles. The first-order valence-corrected chi connectivity index (χ1v) is 6.68. The largest absolute Gasteiger partial charge is 0.495 e. The van der Waals surface area contributed by atoms with E-state index in [2.05, 4.69) is 15.8 Å². The first-order valence-electron chi connectivity index (χ1n) is 6.68. The molecule has 0 radical (unpaired) electrons. The minimum Gasteiger partial charge on any atom is -0.495 e. The Balaban J connectivity index is 1.74. The number of hydrazone groups is 1. The van der Waals surface area contributed by atoms with Gasteiger partial charge in [-0.15, -0.1) is 0 Å². The van der Waals surface area contributed by atoms with Crippen LogP contribution >= 0.6 is 0 Å². The Morgan fingerprint density at radius 3 is 2.95 bits per heavy atom. The highest BCUT2D eigenvalue weighted by Crippen LogP contribution is 2.22. The van der Waals surface area contributed by atoms with E-state index in [-0.39, 0.29) is 12.5 Å². The van der Waals surface area contributed by atoms with E-state index in [0.717, 1.165) is 11.4 Å². The van der Waals surface area contributed by atoms with Crippen LogP contribution in [0.15, 0.2) is 58.3 Å². The summed E-state index contributed by atoms with van der Waals surface area (Å²) in [5.74, 6) is 1.14. The van der Waals surface area contributed by atoms with Crippen LogP contribution in [0.1, 0.15) is 5.76 Å². The number of furan rings is 1. The Bertz CT molecular complexity index is 648. The van der Waals surface area contributed by atoms with Crippen molar-refractivity contribution >= 4 is 23.9 Å². The predicted molar refractivity (Wildman–Crippen MR) is 85.9 cm³/mol. The monoisotopic (exact) mass is 299 g/mol. The molecule has 0 atom stereocenters. The van der Waals surface area contributed by atoms with Crippen LogP contribution in [0.4, 0.5) is 5.69 Å². The maximum Gasteiger partial charge on any atom is 0.259 e. The van der Waals surface area contributed by atoms with Gasteiger partial charge >= 0.3 is 0 Å². The molecule has 0 bridgehead atoms. The molecule has 1 heterocycles. The van der Waals surface area contributed by atoms with Crippen LogP contribution in [0.5, 0.6) is 5.75 Å². The van der Waals surface area contributed by atoms with Crippen molar-refractivity contribution in [3.8, 4) is 5.75 Å². The third-order valence-corrected chi connectivity index (χ3v) is 2.70. The number of allylic oxidation sites excluding steroid dienone is 1. The molecule has 1 aromatic carbocycles. The highest BCUT2D eigenvalue weighted by molar-refractivity contribution is 5.83. The molecule has 114 valence electrons. The van der Waals surface area contributed by atoms with Crippen molar-refractivity contribution in [2.24, 2.45) is 5.10 Å². The van der Waals surface area contributed by atoms with Crippen molar-refractivity contribution < 1.29 is 13.9 Å². The van der Waals surface area contributed by atoms with Crippen molar-refractivity contribution in [2.75, 3.05) is 19.0 Å². The number of hydrogen-bond donors (Lipinski definition) is 2. The Labute approximate surface area is 128 Å². The van der Waals surface area contributed by atoms with Gasteiger partial charge in [0.05, 0.1) is 25.6 Å². The molecule has 2 rings (SSSR count). The summed E-state index contributed by atoms with van der Waals surface area (Å²) in [4.78, 5) is 11.6. The molecular weight excluding hydrogens is 282 g/mol. The van der Waals surface area contributed by atoms with Crippen LogP contribution in [0.3, 0.4) is 0 Å². The number of hydrogen-bond acceptors (Lipinski definition) is 5. The zero-order valence-electron chi connectivity index (χ0n) is 12.2. The van der Waals surface area contributed by atoms with Gasteiger partial charge in [0.15, 0.2) is 0 Å². The molecule has 0 saturated heterocycles. The molecule has 0 fully saturated rings. The standard InChI is InChI=1S/C16H17N3O3/c1-21-15-9-3-2-8-14(15)17-12-16(20)19-18-10-4-6-13-7-5-11-22-13/h2-11,17H,12H2,1H3,(H,19,20)/b6-4+,18-10+. The van der Waals surface area contributed by atoms with E-state index in [4.69, 9.17) is 9.15 Å². The zero-order valence-corrected chi connectivity index (χ0v) is 12.2. The highest BCUT2D eigenvalue weighted by atomic mass is 16.5. The molecular formula is C16H17N3O3. The van der Waals surface area contributed by atoms with Gasteiger partial charge in [-0.05, 0) is 36.4 Å². The van der Waals surface area contributed by atoms with Crippen molar-refractivity contribution in [2.45, 2.75) is 0 Å². The van der Waals surface area contributed by atoms with Crippen molar-refractivity contribution in [3.63, 3.8) is 0 Å². The van der Waals surface area contributed by atoms with E-state index in [1.165, 1.54) is 6.21 Å². The van der Waals surface area contributed by atoms with Crippen molar-refractivity contribution in [3.05, 3.63) is 54.5 Å². The SMILES string of the molecule is COc1ccccc1NCC(=O)N/N=C/C=C/c1ccco1. The van der Waals surface area contributed by atoms with E-state index in [1.54, 1.807) is 31.6 Å². The van der Waals surface area contributed by atoms with E-state index >= 15 is 0 Å². The molecule has 1 amide bonds. The van der Waals surface area contributed by atoms with Gasteiger partial charge < -0.3 is 14.5 Å². The summed E-state index contributed by atoms with van der Waals surface area (Å²) in [6.07, 6.45) is 6.47. The average molecular weight is 299 g/mol. The fourth-order valence-corrected chi connectivity index (χ4v) is 1.68. The van der Waals surface area contributed by atoms with Crippen LogP contribution in [0.2, 0.25) is 0 Å². The minimum atomic E-state index is -0.256. The van der Waals surface area contributed by atoms with Gasteiger partial charge in [0.1, 0.15) is 11.5 Å². The average Bonchev–Trinajstić information content (AvgIpc) is 3.06. The number of benzene rings is 1. The van der Waals surface area contributed by atoms with Gasteiger partial charge in [-0.1, -0.05) is 12.1 Å². The molecule has 0 aliphatic carbocycles. The summed E-state index contributed by atoms with van der Waals surface area (Å²) in [5.41, 5.74) is 3.17. The fraction of sp³-hybridized carbons (Fsp3) is 0.125. The molecule has 2 N–H and O–H groups in total. The summed E-state index contributed by atoms with van der Waals surface area (Å²) < 4.78 is 10.3. The smallest absolute Gasteiger partial charge is 0.259 e. The summed E-state index contributed by atoms with van der Waals surface area (Å²) >= 11 is 0. The summed E-state index contributed by atoms with van der Waals surface area (Å²) in [7, 11) is 1.58. The quantitative estimate of drug-likeness (QED) is 0.608. The third kappa shape index (κ3) is 4.82. The van der Waals surface area contributed by atoms with Crippen LogP contribution in [-0.4, -0.2) is 25.8 Å². The van der Waals surface area contributed by atoms with Crippen LogP contribution in [0.25, 0.3) is 6.08 Å². The molecule has 0 spiro atoms. The Kier molecular flexibility index (Phi) is 5.80. The summed E-state index contributed by atoms with van der Waals surface area (Å²) in [6, 6.07) is 11.0. The number of nitrogens with zero attached hydrogens (tertiary/aromatic N) is 1. The van der Waals surface area contributed by atoms with Gasteiger partial charge in [-0.2, -0.15) is 5.10 Å². The minimum absolute atomic E-state index is 0.0968. The number of carbonyl (C=O) groups is 1. The van der Waals surface area contributed by atoms with E-state index in [0.29, 0.717) is 5.75 Å². The Morgan fingerprint density at radius 1 is 1.32 bits per heavy atom. The molecule has 6 nitrogen and oxygen atoms in total. The van der Waals surface area contributed by atoms with Gasteiger partial charge in [-0.25, -0.2) is 5.43 Å². The lowest BCUT2D eigenvalue weighted by Gasteiger charge is -2.09. The van der Waals surface area contributed by atoms with Gasteiger partial charge in [0, 0.05) is 6.21 Å². The third-order valence-electron chi connectivity index (χ3n) is 2.70. The van der Waals surface area contributed by atoms with Gasteiger partial charge in [-0.3, -0.25) is 4.79 Å². The number of carbonyl (C=O) groups excluding carboxylic acids is 1. The topological polar surface area (TPSA) is 75.9 Å². The van der Waals surface area contributed by atoms with Crippen molar-refractivity contribution in [1.82, 2.24) is 5.43 Å². The lowest BCUT2D eigenvalue weighted by atomic mass is 10.3. The first-order chi connectivity index (χ1) is 10.8. The zero-order chi connectivity index (χ0) is 15.6. The number of nitrogens with one attached hydrogen (secondary N) is 2. The summed E-state index contributed by atoms with van der Waals surface area (Å²) in [6.45, 7) is 0.0968. The molecule has 0 unspecified atom stereocenters. The Morgan fingerprint density at radius 2 is 2.18 bits per heavy atom. The van der Waals surface area contributed by atoms with E-state index < -0.39 is 0 Å². The second kappa shape index (κ2) is 8.31. The lowest BCUT2D eigenvalue weighted by molar-refractivity contribution is -0.119. The van der Waals surface area contributed by atoms with Crippen LogP contribution < -0.4 is 15.5 Å². The molecule has 6 heteroatoms. The van der Waals surface area contributed by atoms with Crippen LogP contribution in [-0.2, 0) is 4.79 Å². The maximum atomic E-state index is 11.6. The number of methoxy groups -OCH3 is 1. The first kappa shape index (κ1) is 15.4. The molecule has 0 aliphatic rings. The highest BCUT2D eigenvalue weighted by Gasteiger charge is 2.03. The normalized spacial score (nSPS) is 11.0. The van der Waals surface area contributed by atoms with E-state index in [1.807, 2.05) is 30.3 Å². The molecule has 22 heavy (non-hydrogen) atoms. The Hall–Kier alpha value is -3.02. The van der Waals surface area contributed by atoms with Crippen LogP contribution in [0, 0.1) is 0 Å². The molecule has 0 saturated carbocycles. The second-order valence-corrected chi connectivity index (χ2v) is 4.24. The lowest BCUT2D eigenvalue weighted by Crippen LogP contribution is -2.25. The van der Waals surface area contributed by atoms with Gasteiger partial charge in [0.2, 0.25) is 0 Å². The maximum absolute atomic E-state index is 11.6. The van der Waals surface area contributed by atoms with Gasteiger partial charge in [0.25, 0.3) is 5.91 Å². The molecule has 2 aromatic rings. The van der Waals surface area contributed by atoms with Crippen molar-refractivity contribution in [1.29, 1.82) is 0 Å². The number of amides is 1. The number of rotatable bonds is 7. The number of ether oxygens (including phenoxy) is 1. The summed E-state index contributed by atoms with van der Waals surface area (Å²) in [5, 5.41) is 6.78. The predicted octanol–water partition coefficient (Wildman–Crippen LogP) is 2.52. The number of anilines is 1. The second-order valence-electron chi connectivity index (χ2n) is 4.24. The fourth-order valence-electron chi connectivity index (χ4n) is 1.68. The van der Waals surface area contributed by atoms with E-state index in [9.17, 15) is 4.79 Å².